The van der Waals surface area contributed by atoms with Crippen LogP contribution >= 0.6 is 7.37 Å². The van der Waals surface area contributed by atoms with Crippen LogP contribution in [0.2, 0.25) is 0 Å². The average molecular weight is 358 g/mol. The van der Waals surface area contributed by atoms with Gasteiger partial charge in [0.2, 0.25) is 0 Å². The standard InChI is InChI=1S/C21H27O3P/c1-5-16-14-17(6-2)20(18(7-3)15-16)21(22)25(23,24-8-4)19-12-10-9-11-13-19/h9-15H,5-8H2,1-4H3. The molecule has 25 heavy (non-hydrogen) atoms. The van der Waals surface area contributed by atoms with Gasteiger partial charge in [-0.25, -0.2) is 0 Å². The van der Waals surface area contributed by atoms with E-state index in [0.717, 1.165) is 30.4 Å². The molecule has 0 heterocycles. The van der Waals surface area contributed by atoms with Crippen LogP contribution in [0.25, 0.3) is 0 Å². The number of hydrogen-bond acceptors (Lipinski definition) is 3. The Labute approximate surface area is 150 Å². The van der Waals surface area contributed by atoms with Gasteiger partial charge in [-0.1, -0.05) is 51.1 Å². The molecule has 0 spiro atoms. The predicted molar refractivity (Wildman–Crippen MR) is 104 cm³/mol. The summed E-state index contributed by atoms with van der Waals surface area (Å²) in [7, 11) is -3.63. The van der Waals surface area contributed by atoms with Gasteiger partial charge in [0.15, 0.2) is 0 Å². The van der Waals surface area contributed by atoms with Crippen molar-refractivity contribution in [3.63, 3.8) is 0 Å². The Kier molecular flexibility index (Phi) is 6.75. The van der Waals surface area contributed by atoms with Crippen molar-refractivity contribution in [3.05, 3.63) is 64.7 Å². The van der Waals surface area contributed by atoms with Gasteiger partial charge in [0, 0.05) is 10.9 Å². The van der Waals surface area contributed by atoms with Crippen LogP contribution in [0.1, 0.15) is 54.7 Å². The van der Waals surface area contributed by atoms with Crippen LogP contribution in [-0.2, 0) is 28.4 Å². The summed E-state index contributed by atoms with van der Waals surface area (Å²) in [6, 6.07) is 13.0. The highest BCUT2D eigenvalue weighted by Gasteiger charge is 2.37. The van der Waals surface area contributed by atoms with Crippen molar-refractivity contribution in [1.29, 1.82) is 0 Å². The minimum Gasteiger partial charge on any atom is -0.320 e. The zero-order chi connectivity index (χ0) is 18.4. The predicted octanol–water partition coefficient (Wildman–Crippen LogP) is 5.15. The summed E-state index contributed by atoms with van der Waals surface area (Å²) >= 11 is 0. The summed E-state index contributed by atoms with van der Waals surface area (Å²) in [6.45, 7) is 8.15. The second-order valence-corrected chi connectivity index (χ2v) is 8.24. The van der Waals surface area contributed by atoms with E-state index in [0.29, 0.717) is 10.9 Å². The largest absolute Gasteiger partial charge is 0.320 e. The highest BCUT2D eigenvalue weighted by atomic mass is 31.2. The number of benzene rings is 2. The zero-order valence-electron chi connectivity index (χ0n) is 15.5. The molecule has 0 bridgehead atoms. The van der Waals surface area contributed by atoms with Gasteiger partial charge in [-0.2, -0.15) is 0 Å². The van der Waals surface area contributed by atoms with E-state index >= 15 is 0 Å². The van der Waals surface area contributed by atoms with Crippen molar-refractivity contribution < 1.29 is 13.9 Å². The lowest BCUT2D eigenvalue weighted by molar-refractivity contribution is 0.105. The molecule has 0 saturated carbocycles. The molecule has 0 aliphatic heterocycles. The van der Waals surface area contributed by atoms with E-state index in [9.17, 15) is 9.36 Å². The van der Waals surface area contributed by atoms with Gasteiger partial charge in [0.05, 0.1) is 6.61 Å². The molecule has 2 aromatic carbocycles. The molecule has 4 heteroatoms. The first-order valence-corrected chi connectivity index (χ1v) is 10.6. The fourth-order valence-corrected chi connectivity index (χ4v) is 5.09. The number of rotatable bonds is 8. The molecular formula is C21H27O3P. The van der Waals surface area contributed by atoms with Crippen LogP contribution in [-0.4, -0.2) is 12.1 Å². The Bertz CT molecular complexity index is 756. The van der Waals surface area contributed by atoms with E-state index in [1.54, 1.807) is 31.2 Å². The van der Waals surface area contributed by atoms with Crippen molar-refractivity contribution in [2.24, 2.45) is 0 Å². The second-order valence-electron chi connectivity index (χ2n) is 5.96. The maximum atomic E-state index is 13.6. The summed E-state index contributed by atoms with van der Waals surface area (Å²) < 4.78 is 19.2. The third-order valence-corrected chi connectivity index (χ3v) is 6.78. The highest BCUT2D eigenvalue weighted by molar-refractivity contribution is 7.83. The molecule has 0 saturated heterocycles. The number of carbonyl (C=O) groups excluding carboxylic acids is 1. The summed E-state index contributed by atoms with van der Waals surface area (Å²) in [6.07, 6.45) is 2.36. The van der Waals surface area contributed by atoms with Crippen LogP contribution in [0.15, 0.2) is 42.5 Å². The zero-order valence-corrected chi connectivity index (χ0v) is 16.4. The summed E-state index contributed by atoms with van der Waals surface area (Å²) in [4.78, 5) is 13.4. The van der Waals surface area contributed by atoms with Gasteiger partial charge in [0.1, 0.15) is 0 Å². The van der Waals surface area contributed by atoms with Gasteiger partial charge >= 0.3 is 7.37 Å². The SMILES string of the molecule is CCOP(=O)(C(=O)c1c(CC)cc(CC)cc1CC)c1ccccc1. The topological polar surface area (TPSA) is 43.4 Å². The van der Waals surface area contributed by atoms with Crippen LogP contribution in [0.4, 0.5) is 0 Å². The van der Waals surface area contributed by atoms with E-state index in [1.165, 1.54) is 5.56 Å². The van der Waals surface area contributed by atoms with Crippen molar-refractivity contribution in [1.82, 2.24) is 0 Å². The maximum Gasteiger partial charge on any atom is 0.300 e. The van der Waals surface area contributed by atoms with E-state index in [-0.39, 0.29) is 12.1 Å². The summed E-state index contributed by atoms with van der Waals surface area (Å²) in [5.74, 6) is 0. The van der Waals surface area contributed by atoms with E-state index in [1.807, 2.05) is 19.9 Å². The Morgan fingerprint density at radius 3 is 1.92 bits per heavy atom. The average Bonchev–Trinajstić information content (AvgIpc) is 2.66. The van der Waals surface area contributed by atoms with Gasteiger partial charge in [-0.3, -0.25) is 9.36 Å². The second kappa shape index (κ2) is 8.60. The first kappa shape index (κ1) is 19.6. The Morgan fingerprint density at radius 1 is 0.920 bits per heavy atom. The Balaban J connectivity index is 2.67. The lowest BCUT2D eigenvalue weighted by Crippen LogP contribution is -2.18. The minimum atomic E-state index is -3.63. The van der Waals surface area contributed by atoms with Gasteiger partial charge in [-0.15, -0.1) is 0 Å². The number of carbonyl (C=O) groups is 1. The third-order valence-electron chi connectivity index (χ3n) is 4.42. The van der Waals surface area contributed by atoms with Crippen LogP contribution in [0.3, 0.4) is 0 Å². The Morgan fingerprint density at radius 2 is 1.48 bits per heavy atom. The monoisotopic (exact) mass is 358 g/mol. The van der Waals surface area contributed by atoms with Gasteiger partial charge in [-0.05, 0) is 55.0 Å². The molecule has 2 rings (SSSR count). The molecular weight excluding hydrogens is 331 g/mol. The fraction of sp³-hybridized carbons (Fsp3) is 0.381. The molecule has 0 N–H and O–H groups in total. The molecule has 0 amide bonds. The molecule has 3 nitrogen and oxygen atoms in total. The van der Waals surface area contributed by atoms with Crippen molar-refractivity contribution in [2.75, 3.05) is 6.61 Å². The maximum absolute atomic E-state index is 13.6. The molecule has 0 aliphatic carbocycles. The molecule has 2 aromatic rings. The van der Waals surface area contributed by atoms with Crippen LogP contribution < -0.4 is 5.30 Å². The highest BCUT2D eigenvalue weighted by Crippen LogP contribution is 2.50. The van der Waals surface area contributed by atoms with Gasteiger partial charge < -0.3 is 4.52 Å². The van der Waals surface area contributed by atoms with Crippen molar-refractivity contribution in [2.45, 2.75) is 47.0 Å². The molecule has 134 valence electrons. The summed E-state index contributed by atoms with van der Waals surface area (Å²) in [5.41, 5.74) is 3.32. The van der Waals surface area contributed by atoms with E-state index in [2.05, 4.69) is 19.1 Å². The van der Waals surface area contributed by atoms with E-state index < -0.39 is 7.37 Å². The molecule has 0 fully saturated rings. The normalized spacial score (nSPS) is 13.4. The van der Waals surface area contributed by atoms with E-state index in [4.69, 9.17) is 4.52 Å². The molecule has 0 aromatic heterocycles. The lowest BCUT2D eigenvalue weighted by atomic mass is 9.94. The summed E-state index contributed by atoms with van der Waals surface area (Å²) in [5, 5.41) is 0.463. The van der Waals surface area contributed by atoms with Crippen molar-refractivity contribution >= 4 is 18.2 Å². The number of aryl methyl sites for hydroxylation is 3. The quantitative estimate of drug-likeness (QED) is 0.613. The smallest absolute Gasteiger partial charge is 0.300 e. The van der Waals surface area contributed by atoms with Crippen LogP contribution in [0, 0.1) is 0 Å². The minimum absolute atomic E-state index is 0.230. The first-order valence-electron chi connectivity index (χ1n) is 9.01. The fourth-order valence-electron chi connectivity index (χ4n) is 3.08. The molecule has 1 atom stereocenters. The molecule has 0 aliphatic rings. The molecule has 0 radical (unpaired) electrons. The lowest BCUT2D eigenvalue weighted by Gasteiger charge is -2.21. The van der Waals surface area contributed by atoms with Gasteiger partial charge in [0.25, 0.3) is 5.52 Å². The number of hydrogen-bond donors (Lipinski definition) is 0. The van der Waals surface area contributed by atoms with Crippen molar-refractivity contribution in [3.8, 4) is 0 Å². The van der Waals surface area contributed by atoms with Crippen LogP contribution in [0.5, 0.6) is 0 Å². The molecule has 1 unspecified atom stereocenters. The first-order chi connectivity index (χ1) is 12.0. The Hall–Kier alpha value is -1.70. The third kappa shape index (κ3) is 3.94.